The van der Waals surface area contributed by atoms with Gasteiger partial charge in [-0.1, -0.05) is 30.3 Å². The van der Waals surface area contributed by atoms with Crippen LogP contribution in [-0.4, -0.2) is 17.9 Å². The summed E-state index contributed by atoms with van der Waals surface area (Å²) in [6, 6.07) is 20.7. The summed E-state index contributed by atoms with van der Waals surface area (Å²) in [6.07, 6.45) is 0.911. The highest BCUT2D eigenvalue weighted by Gasteiger charge is 2.19. The number of benzene rings is 3. The van der Waals surface area contributed by atoms with E-state index < -0.39 is 11.9 Å². The zero-order valence-corrected chi connectivity index (χ0v) is 15.5. The monoisotopic (exact) mass is 371 g/mol. The largest absolute Gasteiger partial charge is 0.374 e. The summed E-state index contributed by atoms with van der Waals surface area (Å²) in [6.45, 7) is 1.81. The van der Waals surface area contributed by atoms with E-state index in [1.54, 1.807) is 24.3 Å². The lowest BCUT2D eigenvalue weighted by Gasteiger charge is -2.16. The second kappa shape index (κ2) is 7.19. The van der Waals surface area contributed by atoms with E-state index in [0.29, 0.717) is 11.3 Å². The lowest BCUT2D eigenvalue weighted by atomic mass is 10.1. The predicted octanol–water partition coefficient (Wildman–Crippen LogP) is 3.80. The van der Waals surface area contributed by atoms with Crippen LogP contribution in [0.4, 0.5) is 11.4 Å². The quantitative estimate of drug-likeness (QED) is 0.499. The molecular formula is C23H21N3O2. The average Bonchev–Trinajstić information content (AvgIpc) is 3.06. The van der Waals surface area contributed by atoms with Crippen molar-refractivity contribution in [3.8, 4) is 11.1 Å². The lowest BCUT2D eigenvalue weighted by molar-refractivity contribution is -0.116. The lowest BCUT2D eigenvalue weighted by Crippen LogP contribution is -2.31. The molecular weight excluding hydrogens is 350 g/mol. The fourth-order valence-electron chi connectivity index (χ4n) is 3.52. The van der Waals surface area contributed by atoms with Gasteiger partial charge in [-0.25, -0.2) is 0 Å². The maximum absolute atomic E-state index is 12.5. The van der Waals surface area contributed by atoms with Gasteiger partial charge < -0.3 is 16.4 Å². The van der Waals surface area contributed by atoms with Crippen molar-refractivity contribution < 1.29 is 9.59 Å². The molecule has 3 aromatic rings. The number of carbonyl (C=O) groups excluding carboxylic acids is 2. The Morgan fingerprint density at radius 1 is 0.893 bits per heavy atom. The molecule has 4 N–H and O–H groups in total. The zero-order chi connectivity index (χ0) is 19.7. The van der Waals surface area contributed by atoms with Gasteiger partial charge in [0.2, 0.25) is 11.8 Å². The van der Waals surface area contributed by atoms with Gasteiger partial charge in [-0.15, -0.1) is 0 Å². The summed E-state index contributed by atoms with van der Waals surface area (Å²) >= 11 is 0. The van der Waals surface area contributed by atoms with Crippen LogP contribution in [0.3, 0.4) is 0 Å². The van der Waals surface area contributed by atoms with Gasteiger partial charge >= 0.3 is 0 Å². The minimum Gasteiger partial charge on any atom is -0.374 e. The minimum atomic E-state index is -0.494. The molecule has 0 radical (unpaired) electrons. The van der Waals surface area contributed by atoms with E-state index in [9.17, 15) is 9.59 Å². The first-order valence-corrected chi connectivity index (χ1v) is 9.20. The van der Waals surface area contributed by atoms with E-state index in [4.69, 9.17) is 5.73 Å². The number of primary amides is 1. The van der Waals surface area contributed by atoms with Crippen molar-refractivity contribution in [3.05, 3.63) is 83.4 Å². The fourth-order valence-corrected chi connectivity index (χ4v) is 3.52. The molecule has 1 unspecified atom stereocenters. The van der Waals surface area contributed by atoms with Crippen LogP contribution < -0.4 is 16.4 Å². The summed E-state index contributed by atoms with van der Waals surface area (Å²) in [7, 11) is 0. The Balaban J connectivity index is 1.42. The third-order valence-electron chi connectivity index (χ3n) is 5.01. The maximum Gasteiger partial charge on any atom is 0.248 e. The Bertz CT molecular complexity index is 1060. The Hall–Kier alpha value is -3.60. The summed E-state index contributed by atoms with van der Waals surface area (Å²) < 4.78 is 0. The Morgan fingerprint density at radius 2 is 1.57 bits per heavy atom. The number of carbonyl (C=O) groups is 2. The van der Waals surface area contributed by atoms with Crippen LogP contribution in [0.5, 0.6) is 0 Å². The highest BCUT2D eigenvalue weighted by Crippen LogP contribution is 2.37. The molecule has 1 aliphatic carbocycles. The first-order valence-electron chi connectivity index (χ1n) is 9.20. The number of anilines is 2. The van der Waals surface area contributed by atoms with Crippen molar-refractivity contribution in [2.24, 2.45) is 5.73 Å². The van der Waals surface area contributed by atoms with Crippen LogP contribution in [0.2, 0.25) is 0 Å². The molecule has 0 fully saturated rings. The first kappa shape index (κ1) is 17.8. The molecule has 0 saturated heterocycles. The molecule has 0 heterocycles. The topological polar surface area (TPSA) is 84.2 Å². The number of amides is 2. The van der Waals surface area contributed by atoms with Crippen molar-refractivity contribution in [1.29, 1.82) is 0 Å². The smallest absolute Gasteiger partial charge is 0.248 e. The number of hydrogen-bond donors (Lipinski definition) is 3. The van der Waals surface area contributed by atoms with Crippen LogP contribution in [0, 0.1) is 0 Å². The van der Waals surface area contributed by atoms with Gasteiger partial charge in [0.25, 0.3) is 0 Å². The number of nitrogens with two attached hydrogens (primary N) is 1. The van der Waals surface area contributed by atoms with E-state index in [2.05, 4.69) is 47.0 Å². The highest BCUT2D eigenvalue weighted by molar-refractivity contribution is 5.97. The molecule has 140 valence electrons. The molecule has 1 aliphatic rings. The van der Waals surface area contributed by atoms with Crippen molar-refractivity contribution in [2.45, 2.75) is 19.4 Å². The van der Waals surface area contributed by atoms with E-state index >= 15 is 0 Å². The molecule has 3 aromatic carbocycles. The maximum atomic E-state index is 12.5. The molecule has 0 spiro atoms. The Kier molecular flexibility index (Phi) is 4.57. The third-order valence-corrected chi connectivity index (χ3v) is 5.01. The molecule has 2 amide bonds. The van der Waals surface area contributed by atoms with E-state index in [1.807, 2.05) is 13.0 Å². The van der Waals surface area contributed by atoms with Gasteiger partial charge in [0.15, 0.2) is 0 Å². The van der Waals surface area contributed by atoms with Gasteiger partial charge in [-0.05, 0) is 72.0 Å². The van der Waals surface area contributed by atoms with E-state index in [-0.39, 0.29) is 5.91 Å². The minimum absolute atomic E-state index is 0.157. The average molecular weight is 371 g/mol. The Labute approximate surface area is 163 Å². The molecule has 5 heteroatoms. The third kappa shape index (κ3) is 3.47. The number of rotatable bonds is 5. The van der Waals surface area contributed by atoms with Gasteiger partial charge in [-0.2, -0.15) is 0 Å². The van der Waals surface area contributed by atoms with Crippen molar-refractivity contribution in [2.75, 3.05) is 10.6 Å². The molecule has 1 atom stereocenters. The van der Waals surface area contributed by atoms with Crippen molar-refractivity contribution in [1.82, 2.24) is 0 Å². The van der Waals surface area contributed by atoms with Gasteiger partial charge in [-0.3, -0.25) is 9.59 Å². The number of fused-ring (bicyclic) bond motifs is 3. The van der Waals surface area contributed by atoms with Crippen LogP contribution in [-0.2, 0) is 11.2 Å². The van der Waals surface area contributed by atoms with Crippen LogP contribution >= 0.6 is 0 Å². The standard InChI is InChI=1S/C23H21N3O2/c1-14(23(28)26-18-8-6-15(7-9-18)22(24)27)25-19-10-11-21-17(13-19)12-16-4-2-3-5-20(16)21/h2-11,13-14,25H,12H2,1H3,(H2,24,27)(H,26,28). The van der Waals surface area contributed by atoms with Crippen molar-refractivity contribution >= 4 is 23.2 Å². The number of nitrogens with one attached hydrogen (secondary N) is 2. The molecule has 4 rings (SSSR count). The highest BCUT2D eigenvalue weighted by atomic mass is 16.2. The number of hydrogen-bond acceptors (Lipinski definition) is 3. The molecule has 0 aromatic heterocycles. The molecule has 0 bridgehead atoms. The molecule has 28 heavy (non-hydrogen) atoms. The fraction of sp³-hybridized carbons (Fsp3) is 0.130. The van der Waals surface area contributed by atoms with Gasteiger partial charge in [0.1, 0.15) is 6.04 Å². The second-order valence-corrected chi connectivity index (χ2v) is 7.00. The van der Waals surface area contributed by atoms with E-state index in [0.717, 1.165) is 12.1 Å². The van der Waals surface area contributed by atoms with Crippen molar-refractivity contribution in [3.63, 3.8) is 0 Å². The van der Waals surface area contributed by atoms with E-state index in [1.165, 1.54) is 22.3 Å². The molecule has 0 saturated carbocycles. The zero-order valence-electron chi connectivity index (χ0n) is 15.5. The molecule has 5 nitrogen and oxygen atoms in total. The van der Waals surface area contributed by atoms with Gasteiger partial charge in [0, 0.05) is 16.9 Å². The summed E-state index contributed by atoms with van der Waals surface area (Å²) in [4.78, 5) is 23.6. The first-order chi connectivity index (χ1) is 13.5. The van der Waals surface area contributed by atoms with Crippen LogP contribution in [0.25, 0.3) is 11.1 Å². The SMILES string of the molecule is CC(Nc1ccc2c(c1)Cc1ccccc1-2)C(=O)Nc1ccc(C(N)=O)cc1. The summed E-state index contributed by atoms with van der Waals surface area (Å²) in [5.74, 6) is -0.651. The predicted molar refractivity (Wildman–Crippen MR) is 111 cm³/mol. The van der Waals surface area contributed by atoms with Gasteiger partial charge in [0.05, 0.1) is 0 Å². The van der Waals surface area contributed by atoms with Crippen LogP contribution in [0.1, 0.15) is 28.4 Å². The summed E-state index contributed by atoms with van der Waals surface area (Å²) in [5, 5.41) is 6.10. The summed E-state index contributed by atoms with van der Waals surface area (Å²) in [5.41, 5.74) is 12.3. The normalized spacial score (nSPS) is 12.6. The molecule has 0 aliphatic heterocycles. The van der Waals surface area contributed by atoms with Crippen LogP contribution in [0.15, 0.2) is 66.7 Å². The Morgan fingerprint density at radius 3 is 2.32 bits per heavy atom. The second-order valence-electron chi connectivity index (χ2n) is 7.00.